The van der Waals surface area contributed by atoms with Crippen LogP contribution in [-0.4, -0.2) is 32.0 Å². The minimum Gasteiger partial charge on any atom is -0.385 e. The lowest BCUT2D eigenvalue weighted by Gasteiger charge is -2.11. The Morgan fingerprint density at radius 1 is 1.39 bits per heavy atom. The zero-order valence-electron chi connectivity index (χ0n) is 12.3. The minimum absolute atomic E-state index is 0.195. The number of rotatable bonds is 7. The van der Waals surface area contributed by atoms with E-state index in [9.17, 15) is 22.8 Å². The van der Waals surface area contributed by atoms with E-state index < -0.39 is 29.3 Å². The fourth-order valence-electron chi connectivity index (χ4n) is 1.78. The number of carbonyl (C=O) groups is 2. The molecule has 0 aliphatic heterocycles. The Morgan fingerprint density at radius 3 is 2.65 bits per heavy atom. The highest BCUT2D eigenvalue weighted by atomic mass is 19.4. The number of nitrogens with zero attached hydrogens (tertiary/aromatic N) is 1. The van der Waals surface area contributed by atoms with Gasteiger partial charge in [0.05, 0.1) is 11.6 Å². The fraction of sp³-hybridized carbons (Fsp3) is 0.400. The van der Waals surface area contributed by atoms with Crippen LogP contribution in [0.25, 0.3) is 0 Å². The molecule has 0 saturated carbocycles. The van der Waals surface area contributed by atoms with Crippen LogP contribution in [0.15, 0.2) is 24.3 Å². The molecule has 1 atom stereocenters. The van der Waals surface area contributed by atoms with E-state index in [4.69, 9.17) is 10.00 Å². The van der Waals surface area contributed by atoms with Crippen molar-refractivity contribution in [1.29, 1.82) is 5.26 Å². The van der Waals surface area contributed by atoms with Gasteiger partial charge < -0.3 is 10.1 Å². The van der Waals surface area contributed by atoms with Gasteiger partial charge >= 0.3 is 6.18 Å². The minimum atomic E-state index is -4.61. The molecular formula is C15H15F3N2O3. The number of alkyl halides is 3. The molecule has 1 N–H and O–H groups in total. The first-order chi connectivity index (χ1) is 10.8. The third kappa shape index (κ3) is 5.38. The van der Waals surface area contributed by atoms with E-state index in [1.807, 2.05) is 0 Å². The number of methoxy groups -OCH3 is 1. The number of nitrogens with one attached hydrogen (secondary N) is 1. The van der Waals surface area contributed by atoms with Gasteiger partial charge in [-0.3, -0.25) is 9.59 Å². The van der Waals surface area contributed by atoms with Crippen LogP contribution in [0.5, 0.6) is 0 Å². The largest absolute Gasteiger partial charge is 0.416 e. The predicted molar refractivity (Wildman–Crippen MR) is 74.4 cm³/mol. The average molecular weight is 328 g/mol. The Hall–Kier alpha value is -2.40. The summed E-state index contributed by atoms with van der Waals surface area (Å²) in [5.41, 5.74) is -1.35. The maximum absolute atomic E-state index is 12.6. The zero-order chi connectivity index (χ0) is 17.5. The van der Waals surface area contributed by atoms with Crippen molar-refractivity contribution in [3.8, 4) is 6.07 Å². The number of halogens is 3. The van der Waals surface area contributed by atoms with Crippen LogP contribution in [0.3, 0.4) is 0 Å². The molecule has 0 bridgehead atoms. The van der Waals surface area contributed by atoms with E-state index in [1.165, 1.54) is 13.2 Å². The Balaban J connectivity index is 2.85. The molecule has 8 heteroatoms. The molecule has 0 spiro atoms. The maximum atomic E-state index is 12.6. The van der Waals surface area contributed by atoms with Gasteiger partial charge in [-0.05, 0) is 18.6 Å². The maximum Gasteiger partial charge on any atom is 0.416 e. The summed E-state index contributed by atoms with van der Waals surface area (Å²) in [5, 5.41) is 11.4. The van der Waals surface area contributed by atoms with Gasteiger partial charge in [0.1, 0.15) is 0 Å². The quantitative estimate of drug-likeness (QED) is 0.473. The standard InChI is InChI=1S/C15H15F3N2O3/c1-23-7-3-6-20-14(22)12(9-19)13(21)10-4-2-5-11(8-10)15(16,17)18/h2,4-5,8,12H,3,6-7H2,1H3,(H,20,22). The summed E-state index contributed by atoms with van der Waals surface area (Å²) in [6.45, 7) is 0.583. The first kappa shape index (κ1) is 18.6. The zero-order valence-corrected chi connectivity index (χ0v) is 12.3. The van der Waals surface area contributed by atoms with E-state index in [0.717, 1.165) is 18.2 Å². The first-order valence-corrected chi connectivity index (χ1v) is 6.69. The Morgan fingerprint density at radius 2 is 2.09 bits per heavy atom. The van der Waals surface area contributed by atoms with E-state index in [1.54, 1.807) is 0 Å². The lowest BCUT2D eigenvalue weighted by atomic mass is 9.96. The van der Waals surface area contributed by atoms with E-state index in [-0.39, 0.29) is 12.1 Å². The highest BCUT2D eigenvalue weighted by Crippen LogP contribution is 2.30. The number of hydrogen-bond donors (Lipinski definition) is 1. The molecule has 1 aromatic carbocycles. The molecule has 0 radical (unpaired) electrons. The van der Waals surface area contributed by atoms with Crippen LogP contribution in [0.2, 0.25) is 0 Å². The first-order valence-electron chi connectivity index (χ1n) is 6.69. The molecular weight excluding hydrogens is 313 g/mol. The lowest BCUT2D eigenvalue weighted by Crippen LogP contribution is -2.35. The van der Waals surface area contributed by atoms with Crippen molar-refractivity contribution in [2.24, 2.45) is 5.92 Å². The van der Waals surface area contributed by atoms with Crippen molar-refractivity contribution in [2.75, 3.05) is 20.3 Å². The second-order valence-electron chi connectivity index (χ2n) is 4.64. The van der Waals surface area contributed by atoms with Crippen LogP contribution in [-0.2, 0) is 15.7 Å². The summed E-state index contributed by atoms with van der Waals surface area (Å²) < 4.78 is 42.7. The highest BCUT2D eigenvalue weighted by Gasteiger charge is 2.33. The molecule has 1 unspecified atom stereocenters. The topological polar surface area (TPSA) is 79.2 Å². The van der Waals surface area contributed by atoms with Crippen molar-refractivity contribution in [1.82, 2.24) is 5.32 Å². The SMILES string of the molecule is COCCCNC(=O)C(C#N)C(=O)c1cccc(C(F)(F)F)c1. The molecule has 0 aromatic heterocycles. The summed E-state index contributed by atoms with van der Waals surface area (Å²) in [6.07, 6.45) is -4.13. The monoisotopic (exact) mass is 328 g/mol. The number of Topliss-reactive ketones (excluding diaryl/α,β-unsaturated/α-hetero) is 1. The van der Waals surface area contributed by atoms with Gasteiger partial charge in [-0.25, -0.2) is 0 Å². The molecule has 0 heterocycles. The van der Waals surface area contributed by atoms with Crippen molar-refractivity contribution in [2.45, 2.75) is 12.6 Å². The van der Waals surface area contributed by atoms with Gasteiger partial charge in [-0.2, -0.15) is 18.4 Å². The van der Waals surface area contributed by atoms with Crippen LogP contribution < -0.4 is 5.32 Å². The fourth-order valence-corrected chi connectivity index (χ4v) is 1.78. The number of nitriles is 1. The van der Waals surface area contributed by atoms with Gasteiger partial charge in [0.25, 0.3) is 0 Å². The normalized spacial score (nSPS) is 12.3. The highest BCUT2D eigenvalue weighted by molar-refractivity contribution is 6.12. The molecule has 1 rings (SSSR count). The molecule has 23 heavy (non-hydrogen) atoms. The summed E-state index contributed by atoms with van der Waals surface area (Å²) in [4.78, 5) is 23.9. The molecule has 0 saturated heterocycles. The Labute approximate surface area is 131 Å². The summed E-state index contributed by atoms with van der Waals surface area (Å²) >= 11 is 0. The Kier molecular flexibility index (Phi) is 6.72. The third-order valence-corrected chi connectivity index (χ3v) is 2.95. The molecule has 5 nitrogen and oxygen atoms in total. The van der Waals surface area contributed by atoms with Gasteiger partial charge in [-0.1, -0.05) is 12.1 Å². The Bertz CT molecular complexity index is 609. The molecule has 1 amide bonds. The van der Waals surface area contributed by atoms with Crippen LogP contribution in [0.4, 0.5) is 13.2 Å². The van der Waals surface area contributed by atoms with E-state index >= 15 is 0 Å². The summed E-state index contributed by atoms with van der Waals surface area (Å²) in [6, 6.07) is 5.16. The van der Waals surface area contributed by atoms with Gasteiger partial charge in [0.15, 0.2) is 11.7 Å². The molecule has 124 valence electrons. The lowest BCUT2D eigenvalue weighted by molar-refractivity contribution is -0.137. The molecule has 1 aromatic rings. The van der Waals surface area contributed by atoms with Crippen LogP contribution in [0.1, 0.15) is 22.3 Å². The van der Waals surface area contributed by atoms with E-state index in [0.29, 0.717) is 19.1 Å². The molecule has 0 aliphatic rings. The second-order valence-corrected chi connectivity index (χ2v) is 4.64. The predicted octanol–water partition coefficient (Wildman–Crippen LogP) is 2.18. The van der Waals surface area contributed by atoms with Crippen molar-refractivity contribution in [3.63, 3.8) is 0 Å². The number of carbonyl (C=O) groups excluding carboxylic acids is 2. The van der Waals surface area contributed by atoms with Gasteiger partial charge in [0, 0.05) is 25.8 Å². The number of ketones is 1. The van der Waals surface area contributed by atoms with Crippen LogP contribution in [0, 0.1) is 17.2 Å². The number of ether oxygens (including phenoxy) is 1. The number of amides is 1. The number of hydrogen-bond acceptors (Lipinski definition) is 4. The van der Waals surface area contributed by atoms with Crippen molar-refractivity contribution < 1.29 is 27.5 Å². The second kappa shape index (κ2) is 8.29. The third-order valence-electron chi connectivity index (χ3n) is 2.95. The van der Waals surface area contributed by atoms with Crippen LogP contribution >= 0.6 is 0 Å². The smallest absolute Gasteiger partial charge is 0.385 e. The van der Waals surface area contributed by atoms with Gasteiger partial charge in [-0.15, -0.1) is 0 Å². The van der Waals surface area contributed by atoms with Crippen molar-refractivity contribution >= 4 is 11.7 Å². The van der Waals surface area contributed by atoms with Crippen molar-refractivity contribution in [3.05, 3.63) is 35.4 Å². The summed E-state index contributed by atoms with van der Waals surface area (Å²) in [7, 11) is 1.48. The van der Waals surface area contributed by atoms with E-state index in [2.05, 4.69) is 5.32 Å². The molecule has 0 aliphatic carbocycles. The molecule has 0 fully saturated rings. The average Bonchev–Trinajstić information content (AvgIpc) is 2.51. The van der Waals surface area contributed by atoms with Gasteiger partial charge in [0.2, 0.25) is 5.91 Å². The number of benzene rings is 1. The summed E-state index contributed by atoms with van der Waals surface area (Å²) in [5.74, 6) is -3.50.